The Labute approximate surface area is 142 Å². The van der Waals surface area contributed by atoms with E-state index < -0.39 is 0 Å². The highest BCUT2D eigenvalue weighted by atomic mass is 16.5. The van der Waals surface area contributed by atoms with E-state index in [1.165, 1.54) is 5.56 Å². The largest absolute Gasteiger partial charge is 0.379 e. The Morgan fingerprint density at radius 2 is 2.21 bits per heavy atom. The first-order valence-electron chi connectivity index (χ1n) is 8.65. The number of nitrogens with one attached hydrogen (secondary N) is 2. The molecule has 1 saturated heterocycles. The molecule has 0 aliphatic carbocycles. The van der Waals surface area contributed by atoms with E-state index in [1.807, 2.05) is 6.07 Å². The van der Waals surface area contributed by atoms with Crippen LogP contribution < -0.4 is 5.32 Å². The van der Waals surface area contributed by atoms with Crippen molar-refractivity contribution in [3.8, 4) is 0 Å². The number of amides is 1. The highest BCUT2D eigenvalue weighted by Gasteiger charge is 2.19. The lowest BCUT2D eigenvalue weighted by atomic mass is 10.2. The van der Waals surface area contributed by atoms with Gasteiger partial charge in [0.15, 0.2) is 0 Å². The molecule has 24 heavy (non-hydrogen) atoms. The van der Waals surface area contributed by atoms with Gasteiger partial charge in [0.05, 0.1) is 24.2 Å². The van der Waals surface area contributed by atoms with Gasteiger partial charge >= 0.3 is 0 Å². The van der Waals surface area contributed by atoms with Crippen molar-refractivity contribution in [2.24, 2.45) is 0 Å². The minimum Gasteiger partial charge on any atom is -0.379 e. The summed E-state index contributed by atoms with van der Waals surface area (Å²) in [6.45, 7) is 8.12. The topological polar surface area (TPSA) is 70.2 Å². The molecule has 1 aliphatic rings. The molecule has 1 aromatic heterocycles. The van der Waals surface area contributed by atoms with Crippen LogP contribution in [0.3, 0.4) is 0 Å². The second-order valence-corrected chi connectivity index (χ2v) is 6.51. The third kappa shape index (κ3) is 4.33. The van der Waals surface area contributed by atoms with Crippen molar-refractivity contribution in [3.63, 3.8) is 0 Å². The van der Waals surface area contributed by atoms with E-state index in [-0.39, 0.29) is 11.9 Å². The predicted molar refractivity (Wildman–Crippen MR) is 94.0 cm³/mol. The number of fused-ring (bicyclic) bond motifs is 1. The Morgan fingerprint density at radius 1 is 1.42 bits per heavy atom. The summed E-state index contributed by atoms with van der Waals surface area (Å²) in [5, 5.41) is 3.00. The molecule has 3 rings (SSSR count). The minimum atomic E-state index is 0.0981. The number of aromatic nitrogens is 2. The van der Waals surface area contributed by atoms with Crippen LogP contribution in [0, 0.1) is 6.92 Å². The molecule has 1 amide bonds. The molecule has 0 radical (unpaired) electrons. The van der Waals surface area contributed by atoms with Crippen LogP contribution in [0.15, 0.2) is 18.2 Å². The van der Waals surface area contributed by atoms with Crippen molar-refractivity contribution < 1.29 is 9.53 Å². The van der Waals surface area contributed by atoms with Gasteiger partial charge in [0, 0.05) is 38.5 Å². The fourth-order valence-electron chi connectivity index (χ4n) is 3.10. The molecule has 1 atom stereocenters. The number of carbonyl (C=O) groups is 1. The molecule has 1 aliphatic heterocycles. The van der Waals surface area contributed by atoms with Crippen molar-refractivity contribution in [2.45, 2.75) is 32.7 Å². The molecule has 0 spiro atoms. The lowest BCUT2D eigenvalue weighted by Crippen LogP contribution is -2.44. The summed E-state index contributed by atoms with van der Waals surface area (Å²) in [4.78, 5) is 22.3. The van der Waals surface area contributed by atoms with E-state index in [2.05, 4.69) is 46.2 Å². The summed E-state index contributed by atoms with van der Waals surface area (Å²) in [6.07, 6.45) is 1.24. The van der Waals surface area contributed by atoms with Crippen LogP contribution in [0.25, 0.3) is 11.0 Å². The first-order valence-corrected chi connectivity index (χ1v) is 8.65. The van der Waals surface area contributed by atoms with E-state index in [0.717, 1.165) is 43.2 Å². The summed E-state index contributed by atoms with van der Waals surface area (Å²) in [5.41, 5.74) is 3.24. The molecule has 130 valence electrons. The lowest BCUT2D eigenvalue weighted by Gasteiger charge is -2.31. The van der Waals surface area contributed by atoms with Gasteiger partial charge in [0.2, 0.25) is 5.91 Å². The van der Waals surface area contributed by atoms with E-state index >= 15 is 0 Å². The number of aromatic amines is 1. The van der Waals surface area contributed by atoms with Gasteiger partial charge in [-0.05, 0) is 31.5 Å². The van der Waals surface area contributed by atoms with E-state index in [4.69, 9.17) is 4.74 Å². The summed E-state index contributed by atoms with van der Waals surface area (Å²) in [5.74, 6) is 1.01. The maximum atomic E-state index is 12.1. The number of morpholine rings is 1. The number of hydrogen-bond donors (Lipinski definition) is 2. The number of hydrogen-bond acceptors (Lipinski definition) is 4. The molecule has 0 bridgehead atoms. The Hall–Kier alpha value is -1.92. The minimum absolute atomic E-state index is 0.0981. The molecule has 1 aromatic carbocycles. The molecule has 6 heteroatoms. The number of nitrogens with zero attached hydrogens (tertiary/aromatic N) is 2. The van der Waals surface area contributed by atoms with Gasteiger partial charge < -0.3 is 15.0 Å². The van der Waals surface area contributed by atoms with Crippen LogP contribution >= 0.6 is 0 Å². The highest BCUT2D eigenvalue weighted by molar-refractivity contribution is 5.77. The van der Waals surface area contributed by atoms with Crippen LogP contribution in [0.1, 0.15) is 24.7 Å². The van der Waals surface area contributed by atoms with E-state index in [1.54, 1.807) is 0 Å². The predicted octanol–water partition coefficient (Wildman–Crippen LogP) is 1.64. The molecule has 2 N–H and O–H groups in total. The third-order valence-corrected chi connectivity index (χ3v) is 4.52. The van der Waals surface area contributed by atoms with Gasteiger partial charge in [-0.1, -0.05) is 6.07 Å². The third-order valence-electron chi connectivity index (χ3n) is 4.52. The number of aryl methyl sites for hydroxylation is 1. The molecule has 0 saturated carbocycles. The average molecular weight is 330 g/mol. The summed E-state index contributed by atoms with van der Waals surface area (Å²) in [7, 11) is 0. The molecule has 2 heterocycles. The smallest absolute Gasteiger partial charge is 0.221 e. The van der Waals surface area contributed by atoms with Gasteiger partial charge in [-0.15, -0.1) is 0 Å². The van der Waals surface area contributed by atoms with Crippen molar-refractivity contribution >= 4 is 16.9 Å². The van der Waals surface area contributed by atoms with Gasteiger partial charge in [-0.25, -0.2) is 4.98 Å². The maximum Gasteiger partial charge on any atom is 0.221 e. The van der Waals surface area contributed by atoms with Crippen molar-refractivity contribution in [1.82, 2.24) is 20.2 Å². The second kappa shape index (κ2) is 7.77. The zero-order valence-electron chi connectivity index (χ0n) is 14.5. The fraction of sp³-hybridized carbons (Fsp3) is 0.556. The molecular weight excluding hydrogens is 304 g/mol. The van der Waals surface area contributed by atoms with Crippen molar-refractivity contribution in [1.29, 1.82) is 0 Å². The van der Waals surface area contributed by atoms with Crippen LogP contribution in [0.2, 0.25) is 0 Å². The van der Waals surface area contributed by atoms with Gasteiger partial charge in [0.1, 0.15) is 5.82 Å². The quantitative estimate of drug-likeness (QED) is 0.845. The Morgan fingerprint density at radius 3 is 3.00 bits per heavy atom. The summed E-state index contributed by atoms with van der Waals surface area (Å²) >= 11 is 0. The van der Waals surface area contributed by atoms with Crippen LogP contribution in [0.5, 0.6) is 0 Å². The lowest BCUT2D eigenvalue weighted by molar-refractivity contribution is -0.122. The van der Waals surface area contributed by atoms with Crippen molar-refractivity contribution in [2.75, 3.05) is 32.8 Å². The van der Waals surface area contributed by atoms with Gasteiger partial charge in [-0.3, -0.25) is 9.69 Å². The van der Waals surface area contributed by atoms with Crippen LogP contribution in [-0.4, -0.2) is 59.7 Å². The van der Waals surface area contributed by atoms with Gasteiger partial charge in [-0.2, -0.15) is 0 Å². The molecular formula is C18H26N4O2. The summed E-state index contributed by atoms with van der Waals surface area (Å²) in [6, 6.07) is 6.42. The molecule has 0 unspecified atom stereocenters. The first kappa shape index (κ1) is 16.9. The first-order chi connectivity index (χ1) is 11.6. The standard InChI is InChI=1S/C18H26N4O2/c1-13-3-4-15-16(11-13)21-17(20-15)5-6-19-18(23)12-14(2)22-7-9-24-10-8-22/h3-4,11,14H,5-10,12H2,1-2H3,(H,19,23)(H,20,21)/t14-/m0/s1. The molecule has 2 aromatic rings. The zero-order chi connectivity index (χ0) is 16.9. The summed E-state index contributed by atoms with van der Waals surface area (Å²) < 4.78 is 5.35. The van der Waals surface area contributed by atoms with Crippen LogP contribution in [-0.2, 0) is 16.0 Å². The van der Waals surface area contributed by atoms with E-state index in [9.17, 15) is 4.79 Å². The molecule has 6 nitrogen and oxygen atoms in total. The number of imidazole rings is 1. The van der Waals surface area contributed by atoms with Gasteiger partial charge in [0.25, 0.3) is 0 Å². The number of benzene rings is 1. The van der Waals surface area contributed by atoms with E-state index in [0.29, 0.717) is 19.4 Å². The number of carbonyl (C=O) groups excluding carboxylic acids is 1. The molecule has 1 fully saturated rings. The number of ether oxygens (including phenoxy) is 1. The SMILES string of the molecule is Cc1ccc2nc(CCNC(=O)C[C@H](C)N3CCOCC3)[nH]c2c1. The second-order valence-electron chi connectivity index (χ2n) is 6.51. The average Bonchev–Trinajstić information content (AvgIpc) is 2.97. The Bertz CT molecular complexity index is 691. The number of rotatable bonds is 6. The Kier molecular flexibility index (Phi) is 5.48. The highest BCUT2D eigenvalue weighted by Crippen LogP contribution is 2.13. The Balaban J connectivity index is 1.43. The maximum absolute atomic E-state index is 12.1. The number of H-pyrrole nitrogens is 1. The van der Waals surface area contributed by atoms with Crippen molar-refractivity contribution in [3.05, 3.63) is 29.6 Å². The van der Waals surface area contributed by atoms with Crippen LogP contribution in [0.4, 0.5) is 0 Å². The normalized spacial score (nSPS) is 17.1. The fourth-order valence-corrected chi connectivity index (χ4v) is 3.10. The zero-order valence-corrected chi connectivity index (χ0v) is 14.5. The monoisotopic (exact) mass is 330 g/mol.